The number of carbonyl (C=O) groups is 3. The second kappa shape index (κ2) is 11.0. The van der Waals surface area contributed by atoms with Crippen LogP contribution in [0, 0.1) is 0 Å². The van der Waals surface area contributed by atoms with Crippen LogP contribution in [0.15, 0.2) is 46.3 Å². The van der Waals surface area contributed by atoms with Gasteiger partial charge in [0.1, 0.15) is 29.9 Å². The standard InChI is InChI=1S/C22H24N6O6S2/c1-3-7-34-13-5-4-6-27(9-13)8-12-10-35-20-16(19(30)28(20)17(12)21(31)32)25-18(29)15(26-33-2)14-11-36-22(23)24-14/h4-6,9,11,16,20H,3,7-8,10H2,1-2H3,(H3-,23,24,25,29,31,32)/p+1/b26-15-/t16-,20-/m1/s1. The maximum absolute atomic E-state index is 13.0. The van der Waals surface area contributed by atoms with Crippen LogP contribution in [0.3, 0.4) is 0 Å². The fraction of sp³-hybridized carbons (Fsp3) is 0.364. The van der Waals surface area contributed by atoms with Gasteiger partial charge in [-0.15, -0.1) is 23.1 Å². The summed E-state index contributed by atoms with van der Waals surface area (Å²) >= 11 is 2.51. The summed E-state index contributed by atoms with van der Waals surface area (Å²) in [5, 5.41) is 17.5. The minimum absolute atomic E-state index is 0.0697. The van der Waals surface area contributed by atoms with Crippen LogP contribution in [0.25, 0.3) is 0 Å². The first-order chi connectivity index (χ1) is 17.3. The van der Waals surface area contributed by atoms with Gasteiger partial charge < -0.3 is 25.7 Å². The van der Waals surface area contributed by atoms with Crippen LogP contribution in [-0.4, -0.2) is 69.4 Å². The number of carboxylic acids is 1. The zero-order valence-electron chi connectivity index (χ0n) is 19.5. The number of rotatable bonds is 10. The number of pyridine rings is 1. The summed E-state index contributed by atoms with van der Waals surface area (Å²) in [7, 11) is 1.28. The number of nitrogens with one attached hydrogen (secondary N) is 1. The lowest BCUT2D eigenvalue weighted by Gasteiger charge is -2.49. The average molecular weight is 534 g/mol. The molecule has 0 radical (unpaired) electrons. The van der Waals surface area contributed by atoms with Crippen LogP contribution in [0.5, 0.6) is 5.75 Å². The molecule has 0 spiro atoms. The van der Waals surface area contributed by atoms with E-state index in [4.69, 9.17) is 15.3 Å². The molecule has 2 aromatic heterocycles. The highest BCUT2D eigenvalue weighted by Crippen LogP contribution is 2.40. The molecule has 4 N–H and O–H groups in total. The fourth-order valence-electron chi connectivity index (χ4n) is 3.83. The Morgan fingerprint density at radius 1 is 1.44 bits per heavy atom. The summed E-state index contributed by atoms with van der Waals surface area (Å²) in [6.45, 7) is 2.87. The van der Waals surface area contributed by atoms with Gasteiger partial charge in [-0.25, -0.2) is 9.78 Å². The van der Waals surface area contributed by atoms with Gasteiger partial charge in [-0.05, 0) is 12.5 Å². The van der Waals surface area contributed by atoms with E-state index < -0.39 is 29.2 Å². The van der Waals surface area contributed by atoms with Crippen molar-refractivity contribution >= 4 is 51.7 Å². The van der Waals surface area contributed by atoms with Crippen molar-refractivity contribution in [1.82, 2.24) is 15.2 Å². The number of carbonyl (C=O) groups excluding carboxylic acids is 2. The van der Waals surface area contributed by atoms with E-state index >= 15 is 0 Å². The van der Waals surface area contributed by atoms with E-state index in [-0.39, 0.29) is 28.8 Å². The maximum atomic E-state index is 13.0. The quantitative estimate of drug-likeness (QED) is 0.172. The highest BCUT2D eigenvalue weighted by molar-refractivity contribution is 8.00. The van der Waals surface area contributed by atoms with Crippen LogP contribution < -0.4 is 20.4 Å². The lowest BCUT2D eigenvalue weighted by Crippen LogP contribution is -2.71. The number of nitrogens with two attached hydrogens (primary N) is 1. The van der Waals surface area contributed by atoms with Gasteiger partial charge in [0.25, 0.3) is 11.8 Å². The molecule has 12 nitrogen and oxygen atoms in total. The Labute approximate surface area is 214 Å². The predicted molar refractivity (Wildman–Crippen MR) is 132 cm³/mol. The van der Waals surface area contributed by atoms with E-state index in [0.29, 0.717) is 23.7 Å². The van der Waals surface area contributed by atoms with Crippen molar-refractivity contribution in [3.05, 3.63) is 46.9 Å². The lowest BCUT2D eigenvalue weighted by atomic mass is 10.0. The summed E-state index contributed by atoms with van der Waals surface area (Å²) in [4.78, 5) is 48.1. The molecule has 190 valence electrons. The number of aliphatic carboxylic acids is 1. The molecule has 2 aromatic rings. The van der Waals surface area contributed by atoms with Crippen molar-refractivity contribution in [2.75, 3.05) is 25.2 Å². The first kappa shape index (κ1) is 25.4. The van der Waals surface area contributed by atoms with Crippen LogP contribution >= 0.6 is 23.1 Å². The third-order valence-corrected chi connectivity index (χ3v) is 7.39. The minimum atomic E-state index is -1.20. The molecule has 1 fully saturated rings. The van der Waals surface area contributed by atoms with Crippen molar-refractivity contribution < 1.29 is 33.6 Å². The molecule has 0 aromatic carbocycles. The third kappa shape index (κ3) is 5.14. The number of anilines is 1. The highest BCUT2D eigenvalue weighted by atomic mass is 32.2. The SMILES string of the molecule is CCCOc1ccc[n+](CC2=C(C(=O)O)N3C(=O)[C@@H](NC(=O)/C(=N\OC)c4csc(N)n4)[C@H]3SC2)c1. The second-order valence-corrected chi connectivity index (χ2v) is 9.87. The number of thioether (sulfide) groups is 1. The molecule has 36 heavy (non-hydrogen) atoms. The number of oxime groups is 1. The highest BCUT2D eigenvalue weighted by Gasteiger charge is 2.54. The summed E-state index contributed by atoms with van der Waals surface area (Å²) < 4.78 is 7.47. The smallest absolute Gasteiger partial charge is 0.352 e. The molecule has 4 rings (SSSR count). The number of nitrogen functional groups attached to an aromatic ring is 1. The molecule has 2 amide bonds. The largest absolute Gasteiger partial charge is 0.487 e. The summed E-state index contributed by atoms with van der Waals surface area (Å²) in [5.74, 6) is -1.35. The Morgan fingerprint density at radius 3 is 2.92 bits per heavy atom. The van der Waals surface area contributed by atoms with E-state index in [1.165, 1.54) is 23.8 Å². The molecule has 2 aliphatic heterocycles. The van der Waals surface area contributed by atoms with Crippen molar-refractivity contribution in [2.24, 2.45) is 5.16 Å². The lowest BCUT2D eigenvalue weighted by molar-refractivity contribution is -0.689. The Hall–Kier alpha value is -3.65. The van der Waals surface area contributed by atoms with E-state index in [0.717, 1.165) is 17.8 Å². The van der Waals surface area contributed by atoms with Gasteiger partial charge in [0, 0.05) is 22.8 Å². The molecule has 0 saturated carbocycles. The Morgan fingerprint density at radius 2 is 2.25 bits per heavy atom. The number of ether oxygens (including phenoxy) is 1. The minimum Gasteiger partial charge on any atom is -0.487 e. The predicted octanol–water partition coefficient (Wildman–Crippen LogP) is 0.591. The molecule has 14 heteroatoms. The zero-order chi connectivity index (χ0) is 25.8. The van der Waals surface area contributed by atoms with E-state index in [1.54, 1.807) is 11.6 Å². The normalized spacial score (nSPS) is 19.4. The summed E-state index contributed by atoms with van der Waals surface area (Å²) in [5.41, 5.74) is 6.25. The third-order valence-electron chi connectivity index (χ3n) is 5.38. The maximum Gasteiger partial charge on any atom is 0.352 e. The number of fused-ring (bicyclic) bond motifs is 1. The van der Waals surface area contributed by atoms with Gasteiger partial charge in [-0.2, -0.15) is 4.57 Å². The van der Waals surface area contributed by atoms with Crippen LogP contribution in [0.1, 0.15) is 19.0 Å². The number of thiazole rings is 1. The van der Waals surface area contributed by atoms with Gasteiger partial charge in [0.2, 0.25) is 6.20 Å². The molecule has 0 aliphatic carbocycles. The number of β-lactam (4-membered cyclic amide) rings is 1. The van der Waals surface area contributed by atoms with Gasteiger partial charge in [-0.1, -0.05) is 12.1 Å². The van der Waals surface area contributed by atoms with Gasteiger partial charge in [-0.3, -0.25) is 14.5 Å². The van der Waals surface area contributed by atoms with Crippen LogP contribution in [0.4, 0.5) is 5.13 Å². The Balaban J connectivity index is 1.51. The molecule has 1 saturated heterocycles. The summed E-state index contributed by atoms with van der Waals surface area (Å²) in [6.07, 6.45) is 4.47. The first-order valence-corrected chi connectivity index (χ1v) is 12.9. The number of carboxylic acid groups (broad SMARTS) is 1. The van der Waals surface area contributed by atoms with Crippen molar-refractivity contribution in [3.8, 4) is 5.75 Å². The van der Waals surface area contributed by atoms with Crippen LogP contribution in [0.2, 0.25) is 0 Å². The average Bonchev–Trinajstić information content (AvgIpc) is 3.29. The number of amides is 2. The van der Waals surface area contributed by atoms with Crippen molar-refractivity contribution in [2.45, 2.75) is 31.3 Å². The van der Waals surface area contributed by atoms with E-state index in [9.17, 15) is 19.5 Å². The van der Waals surface area contributed by atoms with Crippen molar-refractivity contribution in [1.29, 1.82) is 0 Å². The Bertz CT molecular complexity index is 1250. The van der Waals surface area contributed by atoms with Crippen molar-refractivity contribution in [3.63, 3.8) is 0 Å². The van der Waals surface area contributed by atoms with Gasteiger partial charge in [0.15, 0.2) is 29.3 Å². The molecular formula is C22H25N6O6S2+. The number of nitrogens with zero attached hydrogens (tertiary/aromatic N) is 4. The van der Waals surface area contributed by atoms with E-state index in [1.807, 2.05) is 29.8 Å². The molecule has 2 aliphatic rings. The topological polar surface area (TPSA) is 160 Å². The number of hydrogen-bond donors (Lipinski definition) is 3. The molecular weight excluding hydrogens is 508 g/mol. The van der Waals surface area contributed by atoms with Crippen LogP contribution in [-0.2, 0) is 25.8 Å². The van der Waals surface area contributed by atoms with Gasteiger partial charge in [0.05, 0.1) is 6.61 Å². The molecule has 4 heterocycles. The molecule has 0 bridgehead atoms. The fourth-order valence-corrected chi connectivity index (χ4v) is 5.71. The van der Waals surface area contributed by atoms with Gasteiger partial charge >= 0.3 is 5.97 Å². The Kier molecular flexibility index (Phi) is 7.74. The first-order valence-electron chi connectivity index (χ1n) is 11.0. The molecule has 0 unspecified atom stereocenters. The monoisotopic (exact) mass is 533 g/mol. The summed E-state index contributed by atoms with van der Waals surface area (Å²) in [6, 6.07) is 2.73. The zero-order valence-corrected chi connectivity index (χ0v) is 21.2. The number of aromatic nitrogens is 2. The second-order valence-electron chi connectivity index (χ2n) is 7.87. The molecule has 2 atom stereocenters. The number of hydrogen-bond acceptors (Lipinski definition) is 10. The van der Waals surface area contributed by atoms with E-state index in [2.05, 4.69) is 15.5 Å².